The molecule has 164 valence electrons. The fourth-order valence-electron chi connectivity index (χ4n) is 4.40. The van der Waals surface area contributed by atoms with E-state index in [0.29, 0.717) is 29.3 Å². The van der Waals surface area contributed by atoms with Crippen molar-refractivity contribution < 1.29 is 14.4 Å². The molecule has 0 saturated carbocycles. The second-order valence-electron chi connectivity index (χ2n) is 8.73. The molecule has 1 aliphatic heterocycles. The molecular formula is C24H23BrN4O3. The molecule has 0 spiro atoms. The van der Waals surface area contributed by atoms with Crippen LogP contribution < -0.4 is 0 Å². The van der Waals surface area contributed by atoms with E-state index in [9.17, 15) is 9.90 Å². The molecule has 5 rings (SSSR count). The molecule has 2 aromatic carbocycles. The number of aromatic nitrogens is 3. The standard InChI is InChI=1S/C24H23BrN4O3/c1-24(2,31)21-4-3-11-29(21)23(30)15-7-5-14(6-8-15)18-13-20(32-28-18)22-17-10-9-16(25)12-19(17)26-27-22/h5-10,12-13,21,31H,3-4,11H2,1-2H3,(H,26,27)/t21-/m1/s1. The summed E-state index contributed by atoms with van der Waals surface area (Å²) in [7, 11) is 0. The summed E-state index contributed by atoms with van der Waals surface area (Å²) in [5.74, 6) is 0.509. The number of rotatable bonds is 4. The maximum absolute atomic E-state index is 13.0. The largest absolute Gasteiger partial charge is 0.388 e. The van der Waals surface area contributed by atoms with Gasteiger partial charge in [0.2, 0.25) is 0 Å². The highest BCUT2D eigenvalue weighted by Gasteiger charge is 2.38. The molecule has 4 aromatic rings. The highest BCUT2D eigenvalue weighted by atomic mass is 79.9. The van der Waals surface area contributed by atoms with Gasteiger partial charge in [0.25, 0.3) is 5.91 Å². The van der Waals surface area contributed by atoms with Gasteiger partial charge in [-0.1, -0.05) is 33.2 Å². The minimum absolute atomic E-state index is 0.0591. The molecule has 1 atom stereocenters. The van der Waals surface area contributed by atoms with E-state index in [1.165, 1.54) is 0 Å². The summed E-state index contributed by atoms with van der Waals surface area (Å²) in [6, 6.07) is 14.9. The maximum atomic E-state index is 13.0. The molecule has 0 radical (unpaired) electrons. The normalized spacial score (nSPS) is 16.8. The number of fused-ring (bicyclic) bond motifs is 1. The van der Waals surface area contributed by atoms with Crippen molar-refractivity contribution in [1.29, 1.82) is 0 Å². The number of benzene rings is 2. The van der Waals surface area contributed by atoms with Crippen molar-refractivity contribution in [2.24, 2.45) is 0 Å². The Morgan fingerprint density at radius 2 is 2.00 bits per heavy atom. The Morgan fingerprint density at radius 3 is 2.75 bits per heavy atom. The molecule has 0 unspecified atom stereocenters. The van der Waals surface area contributed by atoms with E-state index in [-0.39, 0.29) is 11.9 Å². The zero-order valence-corrected chi connectivity index (χ0v) is 19.4. The number of halogens is 1. The van der Waals surface area contributed by atoms with E-state index >= 15 is 0 Å². The number of aromatic amines is 1. The predicted octanol–water partition coefficient (Wildman–Crippen LogP) is 5.02. The average molecular weight is 495 g/mol. The lowest BCUT2D eigenvalue weighted by atomic mass is 9.96. The lowest BCUT2D eigenvalue weighted by Gasteiger charge is -2.33. The van der Waals surface area contributed by atoms with Gasteiger partial charge in [-0.25, -0.2) is 0 Å². The lowest BCUT2D eigenvalue weighted by Crippen LogP contribution is -2.48. The van der Waals surface area contributed by atoms with Gasteiger partial charge >= 0.3 is 0 Å². The van der Waals surface area contributed by atoms with Crippen molar-refractivity contribution in [1.82, 2.24) is 20.3 Å². The Labute approximate surface area is 193 Å². The Hall–Kier alpha value is -2.97. The second kappa shape index (κ2) is 7.86. The fraction of sp³-hybridized carbons (Fsp3) is 0.292. The fourth-order valence-corrected chi connectivity index (χ4v) is 4.76. The summed E-state index contributed by atoms with van der Waals surface area (Å²) in [4.78, 5) is 14.8. The van der Waals surface area contributed by atoms with Gasteiger partial charge in [0.05, 0.1) is 17.2 Å². The Bertz CT molecular complexity index is 1290. The number of hydrogen-bond acceptors (Lipinski definition) is 5. The quantitative estimate of drug-likeness (QED) is 0.415. The van der Waals surface area contributed by atoms with Gasteiger partial charge in [0, 0.05) is 33.6 Å². The molecule has 8 heteroatoms. The van der Waals surface area contributed by atoms with Crippen LogP contribution in [0.2, 0.25) is 0 Å². The molecule has 1 aliphatic rings. The molecular weight excluding hydrogens is 472 g/mol. The number of amides is 1. The average Bonchev–Trinajstić information content (AvgIpc) is 3.51. The minimum Gasteiger partial charge on any atom is -0.388 e. The van der Waals surface area contributed by atoms with Crippen LogP contribution in [0.25, 0.3) is 33.6 Å². The molecule has 1 saturated heterocycles. The van der Waals surface area contributed by atoms with Gasteiger partial charge in [-0.3, -0.25) is 9.89 Å². The molecule has 32 heavy (non-hydrogen) atoms. The Kier molecular flexibility index (Phi) is 5.14. The molecule has 2 aromatic heterocycles. The van der Waals surface area contributed by atoms with Gasteiger partial charge in [-0.15, -0.1) is 0 Å². The van der Waals surface area contributed by atoms with Crippen LogP contribution in [0.3, 0.4) is 0 Å². The summed E-state index contributed by atoms with van der Waals surface area (Å²) in [5.41, 5.74) is 2.79. The number of aliphatic hydroxyl groups is 1. The van der Waals surface area contributed by atoms with Gasteiger partial charge in [-0.05, 0) is 57.0 Å². The van der Waals surface area contributed by atoms with E-state index in [4.69, 9.17) is 4.52 Å². The molecule has 7 nitrogen and oxygen atoms in total. The van der Waals surface area contributed by atoms with Crippen molar-refractivity contribution in [3.8, 4) is 22.7 Å². The first-order valence-electron chi connectivity index (χ1n) is 10.6. The van der Waals surface area contributed by atoms with Crippen LogP contribution in [0.15, 0.2) is 57.5 Å². The van der Waals surface area contributed by atoms with Crippen LogP contribution in [-0.2, 0) is 0 Å². The van der Waals surface area contributed by atoms with E-state index < -0.39 is 5.60 Å². The maximum Gasteiger partial charge on any atom is 0.254 e. The number of hydrogen-bond donors (Lipinski definition) is 2. The summed E-state index contributed by atoms with van der Waals surface area (Å²) in [6.45, 7) is 4.18. The summed E-state index contributed by atoms with van der Waals surface area (Å²) in [5, 5.41) is 22.9. The first-order valence-corrected chi connectivity index (χ1v) is 11.3. The number of carbonyl (C=O) groups is 1. The Morgan fingerprint density at radius 1 is 1.22 bits per heavy atom. The van der Waals surface area contributed by atoms with Gasteiger partial charge < -0.3 is 14.5 Å². The zero-order chi connectivity index (χ0) is 22.5. The van der Waals surface area contributed by atoms with Crippen molar-refractivity contribution in [3.05, 3.63) is 58.6 Å². The smallest absolute Gasteiger partial charge is 0.254 e. The van der Waals surface area contributed by atoms with Crippen molar-refractivity contribution in [3.63, 3.8) is 0 Å². The minimum atomic E-state index is -0.921. The van der Waals surface area contributed by atoms with Gasteiger partial charge in [0.1, 0.15) is 11.4 Å². The molecule has 2 N–H and O–H groups in total. The molecule has 1 fully saturated rings. The van der Waals surface area contributed by atoms with Crippen LogP contribution in [0.1, 0.15) is 37.0 Å². The third-order valence-electron chi connectivity index (χ3n) is 6.03. The number of nitrogens with zero attached hydrogens (tertiary/aromatic N) is 3. The van der Waals surface area contributed by atoms with Crippen LogP contribution in [0.5, 0.6) is 0 Å². The SMILES string of the molecule is CC(C)(O)[C@H]1CCCN1C(=O)c1ccc(-c2cc(-c3n[nH]c4cc(Br)ccc34)on2)cc1. The van der Waals surface area contributed by atoms with Gasteiger partial charge in [0.15, 0.2) is 5.76 Å². The van der Waals surface area contributed by atoms with Crippen LogP contribution >= 0.6 is 15.9 Å². The van der Waals surface area contributed by atoms with E-state index in [1.807, 2.05) is 36.4 Å². The van der Waals surface area contributed by atoms with Crippen LogP contribution in [0.4, 0.5) is 0 Å². The number of nitrogens with one attached hydrogen (secondary N) is 1. The highest BCUT2D eigenvalue weighted by molar-refractivity contribution is 9.10. The summed E-state index contributed by atoms with van der Waals surface area (Å²) >= 11 is 3.46. The number of likely N-dealkylation sites (tertiary alicyclic amines) is 1. The van der Waals surface area contributed by atoms with Crippen molar-refractivity contribution >= 4 is 32.7 Å². The zero-order valence-electron chi connectivity index (χ0n) is 17.8. The Balaban J connectivity index is 1.38. The van der Waals surface area contributed by atoms with Crippen LogP contribution in [0, 0.1) is 0 Å². The first kappa shape index (κ1) is 20.9. The molecule has 0 bridgehead atoms. The third kappa shape index (κ3) is 3.73. The summed E-state index contributed by atoms with van der Waals surface area (Å²) < 4.78 is 6.53. The van der Waals surface area contributed by atoms with E-state index in [2.05, 4.69) is 31.3 Å². The topological polar surface area (TPSA) is 95.2 Å². The van der Waals surface area contributed by atoms with Crippen LogP contribution in [-0.4, -0.2) is 49.5 Å². The lowest BCUT2D eigenvalue weighted by molar-refractivity contribution is 0.000337. The predicted molar refractivity (Wildman–Crippen MR) is 125 cm³/mol. The molecule has 0 aliphatic carbocycles. The molecule has 3 heterocycles. The first-order chi connectivity index (χ1) is 15.3. The molecule has 1 amide bonds. The van der Waals surface area contributed by atoms with Crippen molar-refractivity contribution in [2.45, 2.75) is 38.3 Å². The van der Waals surface area contributed by atoms with E-state index in [1.54, 1.807) is 30.9 Å². The van der Waals surface area contributed by atoms with E-state index in [0.717, 1.165) is 33.8 Å². The second-order valence-corrected chi connectivity index (χ2v) is 9.64. The number of H-pyrrole nitrogens is 1. The number of carbonyl (C=O) groups excluding carboxylic acids is 1. The van der Waals surface area contributed by atoms with Crippen molar-refractivity contribution in [2.75, 3.05) is 6.54 Å². The van der Waals surface area contributed by atoms with Gasteiger partial charge in [-0.2, -0.15) is 5.10 Å². The summed E-state index contributed by atoms with van der Waals surface area (Å²) in [6.07, 6.45) is 1.72. The highest BCUT2D eigenvalue weighted by Crippen LogP contribution is 2.32. The monoisotopic (exact) mass is 494 g/mol. The third-order valence-corrected chi connectivity index (χ3v) is 6.52.